The quantitative estimate of drug-likeness (QED) is 0.206. The number of hydrogen-bond donors (Lipinski definition) is 0. The minimum Gasteiger partial charge on any atom is -0.370 e. The minimum atomic E-state index is -0.224. The summed E-state index contributed by atoms with van der Waals surface area (Å²) in [6.07, 6.45) is 10.1. The Morgan fingerprint density at radius 1 is 1.10 bits per heavy atom. The van der Waals surface area contributed by atoms with Gasteiger partial charge in [0, 0.05) is 24.7 Å². The molecule has 3 heteroatoms. The first-order valence-corrected chi connectivity index (χ1v) is 16.2. The van der Waals surface area contributed by atoms with Crippen LogP contribution in [0.4, 0.5) is 10.1 Å². The molecule has 1 aliphatic heterocycles. The Hall–Kier alpha value is -2.06. The van der Waals surface area contributed by atoms with Crippen molar-refractivity contribution < 1.29 is 4.39 Å². The van der Waals surface area contributed by atoms with E-state index < -0.39 is 0 Å². The summed E-state index contributed by atoms with van der Waals surface area (Å²) in [5.41, 5.74) is 7.14. The molecule has 0 saturated heterocycles. The fraction of sp³-hybridized carbons (Fsp3) is 0.568. The Balaban J connectivity index is 2.04. The molecule has 40 heavy (non-hydrogen) atoms. The number of rotatable bonds is 14. The fourth-order valence-electron chi connectivity index (χ4n) is 6.95. The fourth-order valence-corrected chi connectivity index (χ4v) is 7.13. The van der Waals surface area contributed by atoms with Crippen molar-refractivity contribution in [2.24, 2.45) is 23.7 Å². The molecule has 0 fully saturated rings. The predicted molar refractivity (Wildman–Crippen MR) is 175 cm³/mol. The van der Waals surface area contributed by atoms with E-state index in [0.29, 0.717) is 23.7 Å². The summed E-state index contributed by atoms with van der Waals surface area (Å²) in [5.74, 6) is 2.37. The second-order valence-corrected chi connectivity index (χ2v) is 12.8. The maximum absolute atomic E-state index is 15.3. The minimum absolute atomic E-state index is 0.224. The molecule has 0 amide bonds. The second-order valence-electron chi connectivity index (χ2n) is 12.4. The highest BCUT2D eigenvalue weighted by Crippen LogP contribution is 2.40. The standard InChI is InChI=1S/C37H53ClFN/c1-9-13-15-26(6)28(8)30-18-16-29-17-19-31(33-20-21-35(38)37(39)34(33)14-10-2)24-40(36(29)22-30)23-27(7)32(12-4)25(5)11-3/h9,16,18,20-22,25-27,31-32H,1,8,10-15,17,19,23-24H2,2-7H3/t25?,26?,27-,31?,32?/m0/s1. The molecule has 1 heterocycles. The third-order valence-electron chi connectivity index (χ3n) is 9.66. The average Bonchev–Trinajstić information content (AvgIpc) is 3.13. The Labute approximate surface area is 249 Å². The number of halogens is 2. The maximum atomic E-state index is 15.3. The van der Waals surface area contributed by atoms with Gasteiger partial charge in [-0.15, -0.1) is 6.58 Å². The molecule has 1 nitrogen and oxygen atoms in total. The van der Waals surface area contributed by atoms with Crippen LogP contribution in [0.5, 0.6) is 0 Å². The first kappa shape index (κ1) is 32.5. The van der Waals surface area contributed by atoms with Gasteiger partial charge in [0.2, 0.25) is 0 Å². The molecule has 220 valence electrons. The Morgan fingerprint density at radius 3 is 2.50 bits per heavy atom. The van der Waals surface area contributed by atoms with Crippen molar-refractivity contribution in [3.8, 4) is 0 Å². The van der Waals surface area contributed by atoms with Gasteiger partial charge >= 0.3 is 0 Å². The first-order chi connectivity index (χ1) is 19.2. The highest BCUT2D eigenvalue weighted by molar-refractivity contribution is 6.30. The van der Waals surface area contributed by atoms with Crippen LogP contribution in [0, 0.1) is 29.5 Å². The van der Waals surface area contributed by atoms with Crippen molar-refractivity contribution in [2.45, 2.75) is 98.8 Å². The van der Waals surface area contributed by atoms with Crippen LogP contribution in [-0.2, 0) is 12.8 Å². The van der Waals surface area contributed by atoms with E-state index in [1.54, 1.807) is 6.07 Å². The summed E-state index contributed by atoms with van der Waals surface area (Å²) in [5, 5.41) is 0.239. The molecule has 0 N–H and O–H groups in total. The van der Waals surface area contributed by atoms with E-state index in [2.05, 4.69) is 83.9 Å². The second kappa shape index (κ2) is 15.2. The molecule has 3 rings (SSSR count). The van der Waals surface area contributed by atoms with Crippen LogP contribution in [-0.4, -0.2) is 13.1 Å². The lowest BCUT2D eigenvalue weighted by atomic mass is 9.80. The van der Waals surface area contributed by atoms with Gasteiger partial charge in [0.25, 0.3) is 0 Å². The van der Waals surface area contributed by atoms with Crippen molar-refractivity contribution in [3.05, 3.63) is 82.7 Å². The molecule has 0 bridgehead atoms. The van der Waals surface area contributed by atoms with E-state index in [9.17, 15) is 0 Å². The summed E-state index contributed by atoms with van der Waals surface area (Å²) in [7, 11) is 0. The summed E-state index contributed by atoms with van der Waals surface area (Å²) in [6, 6.07) is 10.9. The number of fused-ring (bicyclic) bond motifs is 1. The maximum Gasteiger partial charge on any atom is 0.145 e. The third kappa shape index (κ3) is 7.61. The van der Waals surface area contributed by atoms with Crippen molar-refractivity contribution >= 4 is 22.9 Å². The highest BCUT2D eigenvalue weighted by Gasteiger charge is 2.30. The molecule has 0 spiro atoms. The number of allylic oxidation sites excluding steroid dienone is 2. The number of aryl methyl sites for hydroxylation is 1. The van der Waals surface area contributed by atoms with E-state index in [-0.39, 0.29) is 16.8 Å². The Bertz CT molecular complexity index is 1140. The van der Waals surface area contributed by atoms with Gasteiger partial charge in [-0.2, -0.15) is 0 Å². The predicted octanol–water partition coefficient (Wildman–Crippen LogP) is 11.3. The van der Waals surface area contributed by atoms with Gasteiger partial charge in [0.1, 0.15) is 5.82 Å². The van der Waals surface area contributed by atoms with Crippen LogP contribution >= 0.6 is 11.6 Å². The summed E-state index contributed by atoms with van der Waals surface area (Å²) < 4.78 is 15.3. The lowest BCUT2D eigenvalue weighted by Crippen LogP contribution is -2.36. The van der Waals surface area contributed by atoms with Crippen LogP contribution in [0.3, 0.4) is 0 Å². The Morgan fingerprint density at radius 2 is 1.85 bits per heavy atom. The van der Waals surface area contributed by atoms with E-state index in [1.807, 2.05) is 6.08 Å². The van der Waals surface area contributed by atoms with Crippen molar-refractivity contribution in [3.63, 3.8) is 0 Å². The molecule has 5 atom stereocenters. The summed E-state index contributed by atoms with van der Waals surface area (Å²) in [4.78, 5) is 2.64. The highest BCUT2D eigenvalue weighted by atomic mass is 35.5. The average molecular weight is 566 g/mol. The number of anilines is 1. The molecule has 0 aromatic heterocycles. The van der Waals surface area contributed by atoms with E-state index in [0.717, 1.165) is 62.7 Å². The van der Waals surface area contributed by atoms with Crippen LogP contribution in [0.15, 0.2) is 49.6 Å². The molecule has 2 aromatic rings. The first-order valence-electron chi connectivity index (χ1n) is 15.8. The molecule has 0 saturated carbocycles. The van der Waals surface area contributed by atoms with Gasteiger partial charge in [-0.3, -0.25) is 0 Å². The van der Waals surface area contributed by atoms with Crippen LogP contribution in [0.2, 0.25) is 5.02 Å². The van der Waals surface area contributed by atoms with Gasteiger partial charge in [0.05, 0.1) is 5.02 Å². The monoisotopic (exact) mass is 565 g/mol. The van der Waals surface area contributed by atoms with Gasteiger partial charge < -0.3 is 4.90 Å². The molecule has 1 aliphatic rings. The normalized spacial score (nSPS) is 18.4. The van der Waals surface area contributed by atoms with Gasteiger partial charge in [0.15, 0.2) is 0 Å². The van der Waals surface area contributed by atoms with Gasteiger partial charge in [-0.05, 0) is 95.7 Å². The topological polar surface area (TPSA) is 3.24 Å². The smallest absolute Gasteiger partial charge is 0.145 e. The van der Waals surface area contributed by atoms with Crippen LogP contribution in [0.1, 0.15) is 108 Å². The molecular formula is C37H53ClFN. The van der Waals surface area contributed by atoms with E-state index in [4.69, 9.17) is 11.6 Å². The molecular weight excluding hydrogens is 513 g/mol. The zero-order valence-corrected chi connectivity index (χ0v) is 26.8. The zero-order chi connectivity index (χ0) is 29.4. The number of hydrogen-bond acceptors (Lipinski definition) is 1. The lowest BCUT2D eigenvalue weighted by Gasteiger charge is -2.36. The van der Waals surface area contributed by atoms with Crippen molar-refractivity contribution in [2.75, 3.05) is 18.0 Å². The number of nitrogens with zero attached hydrogens (tertiary/aromatic N) is 1. The van der Waals surface area contributed by atoms with Crippen molar-refractivity contribution in [1.82, 2.24) is 0 Å². The molecule has 4 unspecified atom stereocenters. The SMILES string of the molecule is C=CCCC(C)C(=C)c1ccc2c(c1)N(C[C@H](C)C(CC)C(C)CC)CC(c1ccc(Cl)c(F)c1CCC)CC2. The summed E-state index contributed by atoms with van der Waals surface area (Å²) in [6.45, 7) is 24.2. The molecule has 0 radical (unpaired) electrons. The van der Waals surface area contributed by atoms with Crippen molar-refractivity contribution in [1.29, 1.82) is 0 Å². The summed E-state index contributed by atoms with van der Waals surface area (Å²) >= 11 is 6.26. The van der Waals surface area contributed by atoms with Gasteiger partial charge in [-0.25, -0.2) is 4.39 Å². The lowest BCUT2D eigenvalue weighted by molar-refractivity contribution is 0.242. The number of benzene rings is 2. The molecule has 0 aliphatic carbocycles. The van der Waals surface area contributed by atoms with Crippen LogP contribution < -0.4 is 4.90 Å². The molecule has 2 aromatic carbocycles. The van der Waals surface area contributed by atoms with Crippen LogP contribution in [0.25, 0.3) is 5.57 Å². The third-order valence-corrected chi connectivity index (χ3v) is 9.95. The van der Waals surface area contributed by atoms with Gasteiger partial charge in [-0.1, -0.05) is 103 Å². The van der Waals surface area contributed by atoms with E-state index in [1.165, 1.54) is 35.2 Å². The zero-order valence-electron chi connectivity index (χ0n) is 26.0. The largest absolute Gasteiger partial charge is 0.370 e. The Kier molecular flexibility index (Phi) is 12.4. The van der Waals surface area contributed by atoms with E-state index >= 15 is 4.39 Å².